The van der Waals surface area contributed by atoms with Crippen molar-refractivity contribution >= 4 is 21.5 Å². The van der Waals surface area contributed by atoms with E-state index in [0.717, 1.165) is 0 Å². The fourth-order valence-corrected chi connectivity index (χ4v) is 4.88. The van der Waals surface area contributed by atoms with Crippen LogP contribution in [-0.2, 0) is 0 Å². The molecule has 126 valence electrons. The Kier molecular flexibility index (Phi) is 3.04. The van der Waals surface area contributed by atoms with Crippen LogP contribution in [0.5, 0.6) is 0 Å². The van der Waals surface area contributed by atoms with E-state index >= 15 is 0 Å². The average molecular weight is 342 g/mol. The van der Waals surface area contributed by atoms with E-state index < -0.39 is 0 Å². The van der Waals surface area contributed by atoms with E-state index in [4.69, 9.17) is 0 Å². The van der Waals surface area contributed by atoms with Gasteiger partial charge < -0.3 is 0 Å². The second-order valence-corrected chi connectivity index (χ2v) is 7.31. The summed E-state index contributed by atoms with van der Waals surface area (Å²) < 4.78 is 0. The van der Waals surface area contributed by atoms with Gasteiger partial charge in [0.2, 0.25) is 0 Å². The van der Waals surface area contributed by atoms with E-state index in [-0.39, 0.29) is 5.92 Å². The molecule has 0 N–H and O–H groups in total. The van der Waals surface area contributed by atoms with Crippen molar-refractivity contribution in [2.24, 2.45) is 0 Å². The van der Waals surface area contributed by atoms with Crippen molar-refractivity contribution in [2.75, 3.05) is 0 Å². The van der Waals surface area contributed by atoms with Crippen molar-refractivity contribution in [1.29, 1.82) is 0 Å². The summed E-state index contributed by atoms with van der Waals surface area (Å²) in [6.45, 7) is 0. The molecule has 0 aromatic heterocycles. The topological polar surface area (TPSA) is 0 Å². The highest BCUT2D eigenvalue weighted by molar-refractivity contribution is 6.18. The van der Waals surface area contributed by atoms with Crippen LogP contribution < -0.4 is 0 Å². The van der Waals surface area contributed by atoms with Crippen molar-refractivity contribution in [1.82, 2.24) is 0 Å². The van der Waals surface area contributed by atoms with Crippen LogP contribution in [0.3, 0.4) is 0 Å². The van der Waals surface area contributed by atoms with E-state index in [1.54, 1.807) is 0 Å². The molecule has 6 rings (SSSR count). The van der Waals surface area contributed by atoms with Crippen molar-refractivity contribution in [3.05, 3.63) is 120 Å². The number of rotatable bonds is 1. The van der Waals surface area contributed by atoms with E-state index in [0.29, 0.717) is 0 Å². The maximum atomic E-state index is 2.30. The summed E-state index contributed by atoms with van der Waals surface area (Å²) in [6, 6.07) is 37.6. The Morgan fingerprint density at radius 2 is 1.00 bits per heavy atom. The number of fused-ring (bicyclic) bond motifs is 8. The van der Waals surface area contributed by atoms with Gasteiger partial charge in [0, 0.05) is 5.92 Å². The maximum Gasteiger partial charge on any atom is 0.0358 e. The molecule has 0 heteroatoms. The molecule has 0 amide bonds. The molecule has 0 saturated carbocycles. The smallest absolute Gasteiger partial charge is 0.0358 e. The first kappa shape index (κ1) is 14.8. The van der Waals surface area contributed by atoms with Gasteiger partial charge in [0.15, 0.2) is 0 Å². The SMILES string of the molecule is c1ccc(C2c3ccccc3-c3c2c2ccccc2c2ccccc32)cc1. The Morgan fingerprint density at radius 3 is 1.78 bits per heavy atom. The van der Waals surface area contributed by atoms with Gasteiger partial charge in [0.25, 0.3) is 0 Å². The first-order valence-electron chi connectivity index (χ1n) is 9.51. The monoisotopic (exact) mass is 342 g/mol. The number of hydrogen-bond acceptors (Lipinski definition) is 0. The van der Waals surface area contributed by atoms with Crippen LogP contribution in [0.15, 0.2) is 103 Å². The lowest BCUT2D eigenvalue weighted by Gasteiger charge is -2.18. The highest BCUT2D eigenvalue weighted by Crippen LogP contribution is 2.53. The van der Waals surface area contributed by atoms with Gasteiger partial charge in [0.1, 0.15) is 0 Å². The Bertz CT molecular complexity index is 1310. The molecule has 0 spiro atoms. The minimum absolute atomic E-state index is 0.284. The Hall–Kier alpha value is -3.38. The predicted molar refractivity (Wildman–Crippen MR) is 114 cm³/mol. The van der Waals surface area contributed by atoms with Crippen LogP contribution in [-0.4, -0.2) is 0 Å². The first-order chi connectivity index (χ1) is 13.4. The fraction of sp³-hybridized carbons (Fsp3) is 0.0370. The molecule has 0 aliphatic heterocycles. The van der Waals surface area contributed by atoms with Gasteiger partial charge in [0.05, 0.1) is 0 Å². The lowest BCUT2D eigenvalue weighted by molar-refractivity contribution is 1.03. The van der Waals surface area contributed by atoms with Crippen LogP contribution in [0.25, 0.3) is 32.7 Å². The van der Waals surface area contributed by atoms with Gasteiger partial charge >= 0.3 is 0 Å². The third kappa shape index (κ3) is 1.98. The van der Waals surface area contributed by atoms with Gasteiger partial charge in [-0.15, -0.1) is 0 Å². The van der Waals surface area contributed by atoms with Crippen LogP contribution in [0.2, 0.25) is 0 Å². The fourth-order valence-electron chi connectivity index (χ4n) is 4.88. The van der Waals surface area contributed by atoms with Crippen molar-refractivity contribution in [3.8, 4) is 11.1 Å². The molecule has 0 nitrogen and oxygen atoms in total. The van der Waals surface area contributed by atoms with E-state index in [1.165, 1.54) is 49.4 Å². The largest absolute Gasteiger partial charge is 0.0622 e. The number of benzene rings is 5. The zero-order valence-electron chi connectivity index (χ0n) is 14.9. The summed E-state index contributed by atoms with van der Waals surface area (Å²) in [7, 11) is 0. The Labute approximate surface area is 158 Å². The number of hydrogen-bond donors (Lipinski definition) is 0. The van der Waals surface area contributed by atoms with Gasteiger partial charge in [-0.05, 0) is 49.4 Å². The summed E-state index contributed by atoms with van der Waals surface area (Å²) in [4.78, 5) is 0. The second kappa shape index (κ2) is 5.56. The van der Waals surface area contributed by atoms with Gasteiger partial charge in [-0.1, -0.05) is 103 Å². The van der Waals surface area contributed by atoms with Crippen LogP contribution in [0, 0.1) is 0 Å². The molecule has 0 bridgehead atoms. The molecule has 1 aliphatic carbocycles. The summed E-state index contributed by atoms with van der Waals surface area (Å²) in [5.41, 5.74) is 7.03. The second-order valence-electron chi connectivity index (χ2n) is 7.31. The minimum Gasteiger partial charge on any atom is -0.0622 e. The summed E-state index contributed by atoms with van der Waals surface area (Å²) in [5, 5.41) is 5.42. The predicted octanol–water partition coefficient (Wildman–Crippen LogP) is 7.15. The van der Waals surface area contributed by atoms with Crippen molar-refractivity contribution in [3.63, 3.8) is 0 Å². The van der Waals surface area contributed by atoms with Crippen LogP contribution >= 0.6 is 0 Å². The zero-order valence-corrected chi connectivity index (χ0v) is 14.9. The van der Waals surface area contributed by atoms with E-state index in [9.17, 15) is 0 Å². The normalized spacial score (nSPS) is 15.0. The molecule has 27 heavy (non-hydrogen) atoms. The van der Waals surface area contributed by atoms with Crippen LogP contribution in [0.1, 0.15) is 22.6 Å². The molecular weight excluding hydrogens is 324 g/mol. The third-order valence-electron chi connectivity index (χ3n) is 5.94. The lowest BCUT2D eigenvalue weighted by Crippen LogP contribution is -2.00. The molecule has 0 heterocycles. The average Bonchev–Trinajstić information content (AvgIpc) is 3.10. The summed E-state index contributed by atoms with van der Waals surface area (Å²) in [6.07, 6.45) is 0. The molecule has 1 atom stereocenters. The Balaban J connectivity index is 1.86. The maximum absolute atomic E-state index is 2.30. The summed E-state index contributed by atoms with van der Waals surface area (Å²) >= 11 is 0. The standard InChI is InChI=1S/C27H18/c1-2-10-18(11-3-1)25-23-16-8-9-17-24(23)26-21-14-6-4-12-19(21)20-13-5-7-15-22(20)27(25)26/h1-17,25H. The van der Waals surface area contributed by atoms with Gasteiger partial charge in [-0.25, -0.2) is 0 Å². The minimum atomic E-state index is 0.284. The molecule has 0 fully saturated rings. The molecule has 5 aromatic carbocycles. The summed E-state index contributed by atoms with van der Waals surface area (Å²) in [5.74, 6) is 0.284. The quantitative estimate of drug-likeness (QED) is 0.278. The Morgan fingerprint density at radius 1 is 0.444 bits per heavy atom. The van der Waals surface area contributed by atoms with Crippen molar-refractivity contribution < 1.29 is 0 Å². The molecule has 0 saturated heterocycles. The highest BCUT2D eigenvalue weighted by atomic mass is 14.3. The zero-order chi connectivity index (χ0) is 17.8. The van der Waals surface area contributed by atoms with Crippen molar-refractivity contribution in [2.45, 2.75) is 5.92 Å². The highest BCUT2D eigenvalue weighted by Gasteiger charge is 2.32. The lowest BCUT2D eigenvalue weighted by atomic mass is 9.85. The van der Waals surface area contributed by atoms with E-state index in [1.807, 2.05) is 0 Å². The molecular formula is C27H18. The van der Waals surface area contributed by atoms with Crippen LogP contribution in [0.4, 0.5) is 0 Å². The van der Waals surface area contributed by atoms with Gasteiger partial charge in [-0.3, -0.25) is 0 Å². The van der Waals surface area contributed by atoms with E-state index in [2.05, 4.69) is 103 Å². The van der Waals surface area contributed by atoms with Gasteiger partial charge in [-0.2, -0.15) is 0 Å². The molecule has 1 unspecified atom stereocenters. The molecule has 1 aliphatic rings. The third-order valence-corrected chi connectivity index (χ3v) is 5.94. The first-order valence-corrected chi connectivity index (χ1v) is 9.51. The molecule has 5 aromatic rings. The molecule has 0 radical (unpaired) electrons.